The lowest BCUT2D eigenvalue weighted by Gasteiger charge is -2.15. The minimum Gasteiger partial charge on any atom is -0.382 e. The first-order valence-corrected chi connectivity index (χ1v) is 19.3. The number of aliphatic hydroxyl groups excluding tert-OH is 2. The van der Waals surface area contributed by atoms with Gasteiger partial charge in [-0.05, 0) is 71.9 Å². The van der Waals surface area contributed by atoms with Gasteiger partial charge < -0.3 is 30.3 Å². The molecule has 4 aromatic rings. The summed E-state index contributed by atoms with van der Waals surface area (Å²) in [5, 5.41) is 27.4. The van der Waals surface area contributed by atoms with Gasteiger partial charge in [0.25, 0.3) is 11.8 Å². The number of nitrogens with zero attached hydrogens (tertiary/aromatic N) is 2. The predicted octanol–water partition coefficient (Wildman–Crippen LogP) is 5.28. The highest BCUT2D eigenvalue weighted by atomic mass is 35.5. The van der Waals surface area contributed by atoms with Crippen molar-refractivity contribution in [2.24, 2.45) is 35.5 Å². The average Bonchev–Trinajstić information content (AvgIpc) is 3.80. The number of aromatic nitrogens is 2. The normalized spacial score (nSPS) is 23.8. The van der Waals surface area contributed by atoms with Crippen LogP contribution in [0.3, 0.4) is 0 Å². The largest absolute Gasteiger partial charge is 0.382 e. The van der Waals surface area contributed by atoms with Crippen LogP contribution < -0.4 is 10.6 Å². The fraction of sp³-hybridized carbons (Fsp3) is 0.381. The summed E-state index contributed by atoms with van der Waals surface area (Å²) >= 11 is 12.4. The van der Waals surface area contributed by atoms with E-state index in [0.717, 1.165) is 26.4 Å². The standard InChI is InChI=1S/2C21H21ClN2O4/c2*1-23-21(27)18-7-11(19(25)8-13-14-9-28-10-15(13)14)6-17(24-18)20(26)12-4-2-3-5-16(12)22/h2*2-7,13-15,20,26H,8-10H2,1H3,(H,23,27)/t2*13?,14-,15+,20-/m10/s1. The zero-order valence-electron chi connectivity index (χ0n) is 30.8. The number of aliphatic hydroxyl groups is 2. The Bertz CT molecular complexity index is 2000. The summed E-state index contributed by atoms with van der Waals surface area (Å²) in [4.78, 5) is 58.5. The number of fused-ring (bicyclic) bond motifs is 2. The quantitative estimate of drug-likeness (QED) is 0.138. The molecule has 8 atom stereocenters. The van der Waals surface area contributed by atoms with Crippen molar-refractivity contribution >= 4 is 46.6 Å². The number of Topliss-reactive ketones (excluding diaryl/α,β-unsaturated/α-hetero) is 2. The van der Waals surface area contributed by atoms with Crippen molar-refractivity contribution in [3.63, 3.8) is 0 Å². The molecule has 2 aromatic heterocycles. The molecule has 14 heteroatoms. The lowest BCUT2D eigenvalue weighted by atomic mass is 9.99. The third kappa shape index (κ3) is 8.41. The Morgan fingerprint density at radius 2 is 1.00 bits per heavy atom. The summed E-state index contributed by atoms with van der Waals surface area (Å²) in [7, 11) is 2.99. The van der Waals surface area contributed by atoms with Gasteiger partial charge in [0.15, 0.2) is 11.6 Å². The van der Waals surface area contributed by atoms with Crippen LogP contribution in [-0.4, -0.2) is 84.1 Å². The molecule has 2 saturated carbocycles. The van der Waals surface area contributed by atoms with E-state index < -0.39 is 24.0 Å². The number of carbonyl (C=O) groups excluding carboxylic acids is 4. The highest BCUT2D eigenvalue weighted by Gasteiger charge is 2.55. The van der Waals surface area contributed by atoms with Gasteiger partial charge in [-0.2, -0.15) is 0 Å². The van der Waals surface area contributed by atoms with Crippen LogP contribution >= 0.6 is 23.2 Å². The van der Waals surface area contributed by atoms with E-state index in [9.17, 15) is 29.4 Å². The Labute approximate surface area is 333 Å². The molecule has 2 saturated heterocycles. The molecule has 0 radical (unpaired) electrons. The van der Waals surface area contributed by atoms with Crippen molar-refractivity contribution in [2.45, 2.75) is 25.0 Å². The van der Waals surface area contributed by atoms with Crippen LogP contribution in [0.1, 0.15) is 89.3 Å². The number of carbonyl (C=O) groups is 4. The summed E-state index contributed by atoms with van der Waals surface area (Å²) in [6, 6.07) is 19.8. The molecule has 292 valence electrons. The first-order chi connectivity index (χ1) is 27.0. The first kappa shape index (κ1) is 39.7. The minimum atomic E-state index is -1.14. The van der Waals surface area contributed by atoms with Crippen molar-refractivity contribution in [3.8, 4) is 0 Å². The molecule has 0 bridgehead atoms. The van der Waals surface area contributed by atoms with E-state index in [0.29, 0.717) is 80.6 Å². The summed E-state index contributed by atoms with van der Waals surface area (Å²) in [5.74, 6) is 1.62. The van der Waals surface area contributed by atoms with Crippen molar-refractivity contribution in [2.75, 3.05) is 40.5 Å². The topological polar surface area (TPSA) is 177 Å². The van der Waals surface area contributed by atoms with Crippen LogP contribution in [0.15, 0.2) is 72.8 Å². The van der Waals surface area contributed by atoms with Gasteiger partial charge >= 0.3 is 0 Å². The Morgan fingerprint density at radius 3 is 1.34 bits per heavy atom. The molecule has 2 unspecified atom stereocenters. The number of amides is 2. The van der Waals surface area contributed by atoms with E-state index in [-0.39, 0.29) is 34.3 Å². The highest BCUT2D eigenvalue weighted by Crippen LogP contribution is 2.53. The highest BCUT2D eigenvalue weighted by molar-refractivity contribution is 6.31. The molecule has 2 aliphatic carbocycles. The van der Waals surface area contributed by atoms with Crippen LogP contribution in [-0.2, 0) is 9.47 Å². The van der Waals surface area contributed by atoms with Crippen molar-refractivity contribution in [1.82, 2.24) is 20.6 Å². The fourth-order valence-electron chi connectivity index (χ4n) is 7.89. The smallest absolute Gasteiger partial charge is 0.269 e. The van der Waals surface area contributed by atoms with Gasteiger partial charge in [-0.3, -0.25) is 19.2 Å². The van der Waals surface area contributed by atoms with E-state index in [2.05, 4.69) is 20.6 Å². The SMILES string of the molecule is CNC(=O)c1cc(C(=O)CC2[C@H]3COC[C@@H]23)cc([C@@H](O)c2ccccc2Cl)n1.CNC(=O)c1cc(C(=O)CC2[C@H]3COC[C@@H]23)cc([C@H](O)c2ccccc2Cl)n1. The molecule has 4 N–H and O–H groups in total. The maximum absolute atomic E-state index is 12.9. The van der Waals surface area contributed by atoms with Crippen LogP contribution in [0.2, 0.25) is 10.0 Å². The Morgan fingerprint density at radius 1 is 0.643 bits per heavy atom. The molecule has 2 aromatic carbocycles. The van der Waals surface area contributed by atoms with Crippen LogP contribution in [0.5, 0.6) is 0 Å². The number of hydrogen-bond donors (Lipinski definition) is 4. The molecular formula is C42H42Cl2N4O8. The molecular weight excluding hydrogens is 759 g/mol. The molecule has 2 aliphatic heterocycles. The zero-order chi connectivity index (χ0) is 39.7. The molecule has 0 spiro atoms. The van der Waals surface area contributed by atoms with E-state index in [1.807, 2.05) is 0 Å². The number of ether oxygens (including phenoxy) is 2. The molecule has 2 amide bonds. The van der Waals surface area contributed by atoms with Crippen LogP contribution in [0.4, 0.5) is 0 Å². The second-order valence-corrected chi connectivity index (χ2v) is 15.5. The summed E-state index contributed by atoms with van der Waals surface area (Å²) in [6.07, 6.45) is -1.45. The number of halogens is 2. The Kier molecular flexibility index (Phi) is 12.0. The van der Waals surface area contributed by atoms with Crippen molar-refractivity contribution in [1.29, 1.82) is 0 Å². The van der Waals surface area contributed by atoms with Gasteiger partial charge in [0, 0.05) is 59.2 Å². The van der Waals surface area contributed by atoms with Crippen LogP contribution in [0.25, 0.3) is 0 Å². The first-order valence-electron chi connectivity index (χ1n) is 18.5. The predicted molar refractivity (Wildman–Crippen MR) is 207 cm³/mol. The van der Waals surface area contributed by atoms with Crippen LogP contribution in [0, 0.1) is 35.5 Å². The van der Waals surface area contributed by atoms with Gasteiger partial charge in [0.2, 0.25) is 0 Å². The number of pyridine rings is 2. The third-order valence-corrected chi connectivity index (χ3v) is 12.0. The number of ketones is 2. The van der Waals surface area contributed by atoms with Gasteiger partial charge in [-0.25, -0.2) is 9.97 Å². The lowest BCUT2D eigenvalue weighted by Crippen LogP contribution is -2.21. The molecule has 4 heterocycles. The molecule has 12 nitrogen and oxygen atoms in total. The summed E-state index contributed by atoms with van der Waals surface area (Å²) in [5.41, 5.74) is 2.31. The molecule has 4 fully saturated rings. The van der Waals surface area contributed by atoms with Gasteiger partial charge in [0.05, 0.1) is 37.8 Å². The maximum Gasteiger partial charge on any atom is 0.269 e. The Balaban J connectivity index is 0.000000172. The molecule has 56 heavy (non-hydrogen) atoms. The second-order valence-electron chi connectivity index (χ2n) is 14.7. The number of hydrogen-bond acceptors (Lipinski definition) is 10. The second kappa shape index (κ2) is 16.9. The summed E-state index contributed by atoms with van der Waals surface area (Å²) in [6.45, 7) is 2.88. The van der Waals surface area contributed by atoms with E-state index in [1.165, 1.54) is 26.2 Å². The van der Waals surface area contributed by atoms with E-state index in [1.54, 1.807) is 60.7 Å². The zero-order valence-corrected chi connectivity index (χ0v) is 32.3. The maximum atomic E-state index is 12.9. The average molecular weight is 802 g/mol. The number of nitrogens with one attached hydrogen (secondary N) is 2. The molecule has 4 aliphatic rings. The van der Waals surface area contributed by atoms with Gasteiger partial charge in [0.1, 0.15) is 23.6 Å². The molecule has 8 rings (SSSR count). The Hall–Kier alpha value is -4.56. The van der Waals surface area contributed by atoms with Gasteiger partial charge in [-0.1, -0.05) is 59.6 Å². The third-order valence-electron chi connectivity index (χ3n) is 11.3. The van der Waals surface area contributed by atoms with E-state index in [4.69, 9.17) is 32.7 Å². The number of benzene rings is 2. The van der Waals surface area contributed by atoms with E-state index >= 15 is 0 Å². The fourth-order valence-corrected chi connectivity index (χ4v) is 8.37. The number of rotatable bonds is 12. The lowest BCUT2D eigenvalue weighted by molar-refractivity contribution is 0.0936. The van der Waals surface area contributed by atoms with Crippen molar-refractivity contribution in [3.05, 3.63) is 128 Å². The van der Waals surface area contributed by atoms with Gasteiger partial charge in [-0.15, -0.1) is 0 Å². The summed E-state index contributed by atoms with van der Waals surface area (Å²) < 4.78 is 10.8. The monoisotopic (exact) mass is 800 g/mol. The minimum absolute atomic E-state index is 0.0560. The van der Waals surface area contributed by atoms with Crippen molar-refractivity contribution < 1.29 is 38.9 Å².